The molecule has 124 valence electrons. The van der Waals surface area contributed by atoms with E-state index in [1.165, 1.54) is 0 Å². The van der Waals surface area contributed by atoms with E-state index in [0.29, 0.717) is 24.2 Å². The number of fused-ring (bicyclic) bond motifs is 1. The van der Waals surface area contributed by atoms with E-state index >= 15 is 0 Å². The van der Waals surface area contributed by atoms with Crippen molar-refractivity contribution in [2.45, 2.75) is 25.8 Å². The highest BCUT2D eigenvalue weighted by Gasteiger charge is 2.17. The number of benzene rings is 2. The number of amides is 1. The molecule has 1 heterocycles. The molecule has 1 unspecified atom stereocenters. The third-order valence-electron chi connectivity index (χ3n) is 4.03. The van der Waals surface area contributed by atoms with Gasteiger partial charge in [0.15, 0.2) is 5.76 Å². The van der Waals surface area contributed by atoms with E-state index in [9.17, 15) is 9.90 Å². The van der Waals surface area contributed by atoms with Gasteiger partial charge in [0.2, 0.25) is 0 Å². The lowest BCUT2D eigenvalue weighted by Crippen LogP contribution is -2.37. The molecular weight excluding hydrogens is 302 g/mol. The number of aliphatic hydroxyl groups excluding tert-OH is 1. The maximum Gasteiger partial charge on any atom is 0.287 e. The van der Waals surface area contributed by atoms with Gasteiger partial charge in [-0.3, -0.25) is 4.79 Å². The van der Waals surface area contributed by atoms with Crippen LogP contribution >= 0.6 is 0 Å². The van der Waals surface area contributed by atoms with Crippen LogP contribution in [0.2, 0.25) is 0 Å². The largest absolute Gasteiger partial charge is 0.451 e. The molecule has 4 heteroatoms. The molecule has 24 heavy (non-hydrogen) atoms. The monoisotopic (exact) mass is 323 g/mol. The number of rotatable bonds is 6. The third kappa shape index (κ3) is 3.84. The Labute approximate surface area is 141 Å². The number of furan rings is 1. The van der Waals surface area contributed by atoms with Crippen LogP contribution < -0.4 is 5.32 Å². The minimum absolute atomic E-state index is 0.0249. The zero-order valence-electron chi connectivity index (χ0n) is 13.7. The van der Waals surface area contributed by atoms with Crippen LogP contribution in [-0.2, 0) is 6.42 Å². The number of carbonyl (C=O) groups is 1. The molecule has 1 aromatic heterocycles. The van der Waals surface area contributed by atoms with Crippen molar-refractivity contribution in [3.05, 3.63) is 71.5 Å². The van der Waals surface area contributed by atoms with E-state index < -0.39 is 0 Å². The van der Waals surface area contributed by atoms with Gasteiger partial charge in [0.1, 0.15) is 5.58 Å². The Morgan fingerprint density at radius 2 is 1.96 bits per heavy atom. The highest BCUT2D eigenvalue weighted by molar-refractivity contribution is 5.96. The standard InChI is InChI=1S/C20H21NO3/c1-14-7-8-18-16(11-14)13-19(24-18)20(23)21-17(9-10-22)12-15-5-3-2-4-6-15/h2-8,11,13,17,22H,9-10,12H2,1H3,(H,21,23). The van der Waals surface area contributed by atoms with Crippen molar-refractivity contribution in [2.24, 2.45) is 0 Å². The van der Waals surface area contributed by atoms with Crippen molar-refractivity contribution in [3.8, 4) is 0 Å². The topological polar surface area (TPSA) is 62.5 Å². The normalized spacial score (nSPS) is 12.2. The summed E-state index contributed by atoms with van der Waals surface area (Å²) in [7, 11) is 0. The summed E-state index contributed by atoms with van der Waals surface area (Å²) in [5.41, 5.74) is 2.95. The van der Waals surface area contributed by atoms with Crippen molar-refractivity contribution < 1.29 is 14.3 Å². The molecule has 0 aliphatic heterocycles. The van der Waals surface area contributed by atoms with Gasteiger partial charge >= 0.3 is 0 Å². The maximum atomic E-state index is 12.5. The van der Waals surface area contributed by atoms with Crippen molar-refractivity contribution in [1.29, 1.82) is 0 Å². The second-order valence-electron chi connectivity index (χ2n) is 6.02. The Morgan fingerprint density at radius 3 is 2.71 bits per heavy atom. The summed E-state index contributed by atoms with van der Waals surface area (Å²) < 4.78 is 5.64. The van der Waals surface area contributed by atoms with Gasteiger partial charge < -0.3 is 14.8 Å². The number of carbonyl (C=O) groups excluding carboxylic acids is 1. The smallest absolute Gasteiger partial charge is 0.287 e. The lowest BCUT2D eigenvalue weighted by Gasteiger charge is -2.17. The van der Waals surface area contributed by atoms with Crippen LogP contribution in [0.3, 0.4) is 0 Å². The molecule has 0 saturated carbocycles. The fraction of sp³-hybridized carbons (Fsp3) is 0.250. The van der Waals surface area contributed by atoms with Gasteiger partial charge in [-0.1, -0.05) is 42.0 Å². The predicted molar refractivity (Wildman–Crippen MR) is 94.1 cm³/mol. The summed E-state index contributed by atoms with van der Waals surface area (Å²) in [6, 6.07) is 17.4. The molecule has 0 spiro atoms. The first-order valence-electron chi connectivity index (χ1n) is 8.11. The lowest BCUT2D eigenvalue weighted by atomic mass is 10.0. The SMILES string of the molecule is Cc1ccc2oc(C(=O)NC(CCO)Cc3ccccc3)cc2c1. The van der Waals surface area contributed by atoms with Crippen LogP contribution in [0, 0.1) is 6.92 Å². The summed E-state index contributed by atoms with van der Waals surface area (Å²) in [5, 5.41) is 13.2. The van der Waals surface area contributed by atoms with Crippen molar-refractivity contribution in [1.82, 2.24) is 5.32 Å². The Kier molecular flexibility index (Phi) is 4.96. The maximum absolute atomic E-state index is 12.5. The minimum Gasteiger partial charge on any atom is -0.451 e. The van der Waals surface area contributed by atoms with Gasteiger partial charge in [0, 0.05) is 18.0 Å². The van der Waals surface area contributed by atoms with Crippen LogP contribution in [0.4, 0.5) is 0 Å². The van der Waals surface area contributed by atoms with Crippen LogP contribution in [0.5, 0.6) is 0 Å². The van der Waals surface area contributed by atoms with Crippen molar-refractivity contribution in [3.63, 3.8) is 0 Å². The Bertz CT molecular complexity index is 823. The fourth-order valence-electron chi connectivity index (χ4n) is 2.81. The first kappa shape index (κ1) is 16.3. The van der Waals surface area contributed by atoms with Crippen molar-refractivity contribution in [2.75, 3.05) is 6.61 Å². The van der Waals surface area contributed by atoms with Crippen molar-refractivity contribution >= 4 is 16.9 Å². The molecule has 1 atom stereocenters. The van der Waals surface area contributed by atoms with E-state index in [-0.39, 0.29) is 18.6 Å². The van der Waals surface area contributed by atoms with E-state index in [0.717, 1.165) is 16.5 Å². The minimum atomic E-state index is -0.252. The van der Waals surface area contributed by atoms with Gasteiger partial charge in [-0.05, 0) is 43.5 Å². The zero-order chi connectivity index (χ0) is 16.9. The number of hydrogen-bond acceptors (Lipinski definition) is 3. The molecule has 2 N–H and O–H groups in total. The highest BCUT2D eigenvalue weighted by atomic mass is 16.3. The summed E-state index contributed by atoms with van der Waals surface area (Å²) in [6.07, 6.45) is 1.17. The molecule has 3 rings (SSSR count). The molecule has 0 fully saturated rings. The molecule has 0 aliphatic rings. The first-order valence-corrected chi connectivity index (χ1v) is 8.11. The Morgan fingerprint density at radius 1 is 1.17 bits per heavy atom. The number of hydrogen-bond donors (Lipinski definition) is 2. The average Bonchev–Trinajstić information content (AvgIpc) is 2.99. The Balaban J connectivity index is 1.74. The number of nitrogens with one attached hydrogen (secondary N) is 1. The van der Waals surface area contributed by atoms with E-state index in [1.54, 1.807) is 6.07 Å². The van der Waals surface area contributed by atoms with Gasteiger partial charge in [-0.2, -0.15) is 0 Å². The third-order valence-corrected chi connectivity index (χ3v) is 4.03. The molecule has 2 aromatic carbocycles. The average molecular weight is 323 g/mol. The molecule has 4 nitrogen and oxygen atoms in total. The fourth-order valence-corrected chi connectivity index (χ4v) is 2.81. The summed E-state index contributed by atoms with van der Waals surface area (Å²) in [5.74, 6) is 0.0461. The van der Waals surface area contributed by atoms with Crippen LogP contribution in [-0.4, -0.2) is 23.7 Å². The van der Waals surface area contributed by atoms with Gasteiger partial charge in [-0.25, -0.2) is 0 Å². The van der Waals surface area contributed by atoms with Crippen LogP contribution in [0.15, 0.2) is 59.0 Å². The Hall–Kier alpha value is -2.59. The molecule has 0 aliphatic carbocycles. The van der Waals surface area contributed by atoms with Crippen LogP contribution in [0.25, 0.3) is 11.0 Å². The summed E-state index contributed by atoms with van der Waals surface area (Å²) >= 11 is 0. The molecule has 0 saturated heterocycles. The van der Waals surface area contributed by atoms with E-state index in [4.69, 9.17) is 4.42 Å². The quantitative estimate of drug-likeness (QED) is 0.730. The summed E-state index contributed by atoms with van der Waals surface area (Å²) in [4.78, 5) is 12.5. The molecular formula is C20H21NO3. The first-order chi connectivity index (χ1) is 11.7. The predicted octanol–water partition coefficient (Wildman–Crippen LogP) is 3.46. The molecule has 0 bridgehead atoms. The zero-order valence-corrected chi connectivity index (χ0v) is 13.7. The van der Waals surface area contributed by atoms with Gasteiger partial charge in [-0.15, -0.1) is 0 Å². The lowest BCUT2D eigenvalue weighted by molar-refractivity contribution is 0.0904. The second kappa shape index (κ2) is 7.32. The number of aliphatic hydroxyl groups is 1. The van der Waals surface area contributed by atoms with E-state index in [2.05, 4.69) is 5.32 Å². The molecule has 3 aromatic rings. The van der Waals surface area contributed by atoms with Gasteiger partial charge in [0.25, 0.3) is 5.91 Å². The summed E-state index contributed by atoms with van der Waals surface area (Å²) in [6.45, 7) is 2.03. The highest BCUT2D eigenvalue weighted by Crippen LogP contribution is 2.20. The molecule has 1 amide bonds. The molecule has 0 radical (unpaired) electrons. The number of aryl methyl sites for hydroxylation is 1. The van der Waals surface area contributed by atoms with E-state index in [1.807, 2.05) is 55.5 Å². The second-order valence-corrected chi connectivity index (χ2v) is 6.02. The van der Waals surface area contributed by atoms with Crippen LogP contribution in [0.1, 0.15) is 28.1 Å². The van der Waals surface area contributed by atoms with Gasteiger partial charge in [0.05, 0.1) is 0 Å².